The third-order valence-electron chi connectivity index (χ3n) is 2.60. The van der Waals surface area contributed by atoms with Crippen LogP contribution in [-0.2, 0) is 9.59 Å². The summed E-state index contributed by atoms with van der Waals surface area (Å²) in [6, 6.07) is 7.57. The summed E-state index contributed by atoms with van der Waals surface area (Å²) in [6.45, 7) is 2.55. The molecule has 1 N–H and O–H groups in total. The maximum atomic E-state index is 11.9. The first-order chi connectivity index (χ1) is 9.04. The van der Waals surface area contributed by atoms with Crippen molar-refractivity contribution in [3.63, 3.8) is 0 Å². The summed E-state index contributed by atoms with van der Waals surface area (Å²) in [4.78, 5) is 23.9. The number of aliphatic carboxylic acids is 1. The first-order valence-corrected chi connectivity index (χ1v) is 6.77. The molecule has 0 aromatic heterocycles. The third-order valence-corrected chi connectivity index (χ3v) is 3.32. The number of hydrogen-bond donors (Lipinski definition) is 1. The van der Waals surface area contributed by atoms with Crippen LogP contribution >= 0.6 is 15.9 Å². The number of carbonyl (C=O) groups is 2. The van der Waals surface area contributed by atoms with Crippen LogP contribution < -0.4 is 0 Å². The molecule has 102 valence electrons. The average Bonchev–Trinajstić information content (AvgIpc) is 2.38. The zero-order valence-electron chi connectivity index (χ0n) is 10.7. The largest absolute Gasteiger partial charge is 0.481 e. The van der Waals surface area contributed by atoms with E-state index in [1.165, 1.54) is 11.0 Å². The van der Waals surface area contributed by atoms with Gasteiger partial charge in [0.05, 0.1) is 6.42 Å². The Labute approximate surface area is 120 Å². The summed E-state index contributed by atoms with van der Waals surface area (Å²) in [6.07, 6.45) is 3.14. The van der Waals surface area contributed by atoms with Gasteiger partial charge in [0, 0.05) is 23.6 Å². The number of halogens is 1. The Hall–Kier alpha value is -1.62. The van der Waals surface area contributed by atoms with Crippen molar-refractivity contribution in [3.05, 3.63) is 40.4 Å². The molecule has 1 amide bonds. The van der Waals surface area contributed by atoms with Crippen molar-refractivity contribution in [2.24, 2.45) is 0 Å². The van der Waals surface area contributed by atoms with Crippen LogP contribution in [-0.4, -0.2) is 35.0 Å². The SMILES string of the molecule is CCN(CCC(=O)O)C(=O)/C=C/c1ccccc1Br. The Balaban J connectivity index is 2.66. The molecule has 0 unspecified atom stereocenters. The Morgan fingerprint density at radius 2 is 2.05 bits per heavy atom. The van der Waals surface area contributed by atoms with Crippen LogP contribution in [0.15, 0.2) is 34.8 Å². The molecule has 4 nitrogen and oxygen atoms in total. The van der Waals surface area contributed by atoms with E-state index in [0.29, 0.717) is 6.54 Å². The number of amides is 1. The molecule has 1 rings (SSSR count). The first-order valence-electron chi connectivity index (χ1n) is 5.98. The van der Waals surface area contributed by atoms with Crippen molar-refractivity contribution in [3.8, 4) is 0 Å². The Morgan fingerprint density at radius 3 is 2.63 bits per heavy atom. The van der Waals surface area contributed by atoms with E-state index in [-0.39, 0.29) is 18.9 Å². The second-order valence-electron chi connectivity index (χ2n) is 3.92. The number of carboxylic acid groups (broad SMARTS) is 1. The van der Waals surface area contributed by atoms with Gasteiger partial charge in [-0.25, -0.2) is 0 Å². The molecule has 1 aromatic rings. The number of nitrogens with zero attached hydrogens (tertiary/aromatic N) is 1. The molecule has 0 aliphatic carbocycles. The molecule has 0 spiro atoms. The van der Waals surface area contributed by atoms with Crippen LogP contribution in [0.25, 0.3) is 6.08 Å². The van der Waals surface area contributed by atoms with Gasteiger partial charge in [-0.15, -0.1) is 0 Å². The fourth-order valence-electron chi connectivity index (χ4n) is 1.53. The van der Waals surface area contributed by atoms with E-state index in [9.17, 15) is 9.59 Å². The van der Waals surface area contributed by atoms with Crippen molar-refractivity contribution in [2.45, 2.75) is 13.3 Å². The monoisotopic (exact) mass is 325 g/mol. The van der Waals surface area contributed by atoms with E-state index in [2.05, 4.69) is 15.9 Å². The van der Waals surface area contributed by atoms with Crippen molar-refractivity contribution in [1.82, 2.24) is 4.90 Å². The van der Waals surface area contributed by atoms with Crippen LogP contribution in [0.3, 0.4) is 0 Å². The maximum Gasteiger partial charge on any atom is 0.305 e. The minimum Gasteiger partial charge on any atom is -0.481 e. The summed E-state index contributed by atoms with van der Waals surface area (Å²) in [5.74, 6) is -1.08. The van der Waals surface area contributed by atoms with E-state index in [1.54, 1.807) is 6.08 Å². The van der Waals surface area contributed by atoms with Gasteiger partial charge in [0.15, 0.2) is 0 Å². The summed E-state index contributed by atoms with van der Waals surface area (Å²) in [5, 5.41) is 8.62. The van der Waals surface area contributed by atoms with Crippen molar-refractivity contribution < 1.29 is 14.7 Å². The van der Waals surface area contributed by atoms with Crippen molar-refractivity contribution >= 4 is 33.9 Å². The molecule has 0 saturated heterocycles. The fourth-order valence-corrected chi connectivity index (χ4v) is 1.95. The minimum absolute atomic E-state index is 0.0392. The lowest BCUT2D eigenvalue weighted by Crippen LogP contribution is -2.31. The standard InChI is InChI=1S/C14H16BrNO3/c1-2-16(10-9-14(18)19)13(17)8-7-11-5-3-4-6-12(11)15/h3-8H,2,9-10H2,1H3,(H,18,19)/b8-7+. The van der Waals surface area contributed by atoms with Gasteiger partial charge in [-0.3, -0.25) is 9.59 Å². The molecule has 0 saturated carbocycles. The zero-order valence-corrected chi connectivity index (χ0v) is 12.3. The predicted octanol–water partition coefficient (Wildman–Crippen LogP) is 2.79. The molecule has 1 aromatic carbocycles. The molecular formula is C14H16BrNO3. The molecule has 0 atom stereocenters. The van der Waals surface area contributed by atoms with E-state index in [1.807, 2.05) is 31.2 Å². The molecule has 0 bridgehead atoms. The molecule has 0 fully saturated rings. The van der Waals surface area contributed by atoms with Crippen molar-refractivity contribution in [2.75, 3.05) is 13.1 Å². The molecule has 5 heteroatoms. The van der Waals surface area contributed by atoms with Gasteiger partial charge >= 0.3 is 5.97 Å². The van der Waals surface area contributed by atoms with E-state index in [4.69, 9.17) is 5.11 Å². The highest BCUT2D eigenvalue weighted by molar-refractivity contribution is 9.10. The fraction of sp³-hybridized carbons (Fsp3) is 0.286. The lowest BCUT2D eigenvalue weighted by Gasteiger charge is -2.17. The first kappa shape index (κ1) is 15.4. The molecule has 0 aliphatic heterocycles. The van der Waals surface area contributed by atoms with Crippen LogP contribution in [0.1, 0.15) is 18.9 Å². The van der Waals surface area contributed by atoms with Crippen molar-refractivity contribution in [1.29, 1.82) is 0 Å². The summed E-state index contributed by atoms with van der Waals surface area (Å²) in [5.41, 5.74) is 0.908. The number of carboxylic acids is 1. The number of rotatable bonds is 6. The van der Waals surface area contributed by atoms with Gasteiger partial charge in [-0.05, 0) is 24.6 Å². The van der Waals surface area contributed by atoms with E-state index >= 15 is 0 Å². The lowest BCUT2D eigenvalue weighted by atomic mass is 10.2. The van der Waals surface area contributed by atoms with E-state index < -0.39 is 5.97 Å². The number of likely N-dealkylation sites (N-methyl/N-ethyl adjacent to an activating group) is 1. The van der Waals surface area contributed by atoms with E-state index in [0.717, 1.165) is 10.0 Å². The van der Waals surface area contributed by atoms with Gasteiger partial charge < -0.3 is 10.0 Å². The molecule has 0 heterocycles. The topological polar surface area (TPSA) is 57.6 Å². The number of benzene rings is 1. The van der Waals surface area contributed by atoms with Gasteiger partial charge in [0.2, 0.25) is 5.91 Å². The summed E-state index contributed by atoms with van der Waals surface area (Å²) < 4.78 is 0.910. The van der Waals surface area contributed by atoms with Gasteiger partial charge in [-0.1, -0.05) is 34.1 Å². The van der Waals surface area contributed by atoms with Crippen LogP contribution in [0.5, 0.6) is 0 Å². The second-order valence-corrected chi connectivity index (χ2v) is 4.77. The smallest absolute Gasteiger partial charge is 0.305 e. The van der Waals surface area contributed by atoms with Gasteiger partial charge in [0.1, 0.15) is 0 Å². The number of carbonyl (C=O) groups excluding carboxylic acids is 1. The minimum atomic E-state index is -0.902. The normalized spacial score (nSPS) is 10.6. The lowest BCUT2D eigenvalue weighted by molar-refractivity contribution is -0.137. The Bertz CT molecular complexity index is 485. The second kappa shape index (κ2) is 7.74. The zero-order chi connectivity index (χ0) is 14.3. The molecule has 0 radical (unpaired) electrons. The Kier molecular flexibility index (Phi) is 6.29. The third kappa shape index (κ3) is 5.26. The summed E-state index contributed by atoms with van der Waals surface area (Å²) in [7, 11) is 0. The average molecular weight is 326 g/mol. The maximum absolute atomic E-state index is 11.9. The van der Waals surface area contributed by atoms with Gasteiger partial charge in [-0.2, -0.15) is 0 Å². The van der Waals surface area contributed by atoms with Gasteiger partial charge in [0.25, 0.3) is 0 Å². The highest BCUT2D eigenvalue weighted by atomic mass is 79.9. The quantitative estimate of drug-likeness (QED) is 0.818. The molecular weight excluding hydrogens is 310 g/mol. The summed E-state index contributed by atoms with van der Waals surface area (Å²) >= 11 is 3.40. The van der Waals surface area contributed by atoms with Crippen LogP contribution in [0, 0.1) is 0 Å². The van der Waals surface area contributed by atoms with Crippen LogP contribution in [0.4, 0.5) is 0 Å². The molecule has 19 heavy (non-hydrogen) atoms. The van der Waals surface area contributed by atoms with Crippen LogP contribution in [0.2, 0.25) is 0 Å². The Morgan fingerprint density at radius 1 is 1.37 bits per heavy atom. The highest BCUT2D eigenvalue weighted by Gasteiger charge is 2.10. The molecule has 0 aliphatic rings. The highest BCUT2D eigenvalue weighted by Crippen LogP contribution is 2.17. The predicted molar refractivity (Wildman–Crippen MR) is 77.7 cm³/mol. The number of hydrogen-bond acceptors (Lipinski definition) is 2.